The van der Waals surface area contributed by atoms with Crippen molar-refractivity contribution in [3.05, 3.63) is 65.3 Å². The summed E-state index contributed by atoms with van der Waals surface area (Å²) in [6, 6.07) is 8.72. The van der Waals surface area contributed by atoms with Gasteiger partial charge in [0.2, 0.25) is 0 Å². The smallest absolute Gasteiger partial charge is 0.00486 e. The highest BCUT2D eigenvalue weighted by atomic mass is 14.2. The standard InChI is InChI=1S/C14H12/c1-2-6-11-10-12-7-4-5-9-14(12)13(11)8-3-1/h1-5,7-9H,6,10H2. The largest absolute Gasteiger partial charge is 0.0804 e. The summed E-state index contributed by atoms with van der Waals surface area (Å²) in [6.07, 6.45) is 11.0. The lowest BCUT2D eigenvalue weighted by atomic mass is 10.1. The van der Waals surface area contributed by atoms with E-state index in [4.69, 9.17) is 0 Å². The molecule has 0 heterocycles. The predicted molar refractivity (Wildman–Crippen MR) is 60.0 cm³/mol. The van der Waals surface area contributed by atoms with Gasteiger partial charge in [-0.25, -0.2) is 0 Å². The molecule has 0 N–H and O–H groups in total. The van der Waals surface area contributed by atoms with Crippen molar-refractivity contribution in [1.82, 2.24) is 0 Å². The molecule has 0 aromatic heterocycles. The van der Waals surface area contributed by atoms with E-state index >= 15 is 0 Å². The van der Waals surface area contributed by atoms with Crippen LogP contribution in [0.3, 0.4) is 0 Å². The van der Waals surface area contributed by atoms with Crippen LogP contribution in [0, 0.1) is 0 Å². The van der Waals surface area contributed by atoms with E-state index in [-0.39, 0.29) is 0 Å². The Kier molecular flexibility index (Phi) is 1.66. The summed E-state index contributed by atoms with van der Waals surface area (Å²) in [5.74, 6) is 0. The number of allylic oxidation sites excluding steroid dienone is 6. The van der Waals surface area contributed by atoms with Crippen molar-refractivity contribution in [2.24, 2.45) is 0 Å². The van der Waals surface area contributed by atoms with Gasteiger partial charge in [0.1, 0.15) is 0 Å². The van der Waals surface area contributed by atoms with Crippen LogP contribution in [-0.2, 0) is 6.42 Å². The zero-order valence-electron chi connectivity index (χ0n) is 8.03. The van der Waals surface area contributed by atoms with Crippen molar-refractivity contribution >= 4 is 5.57 Å². The van der Waals surface area contributed by atoms with Gasteiger partial charge < -0.3 is 0 Å². The van der Waals surface area contributed by atoms with E-state index in [9.17, 15) is 0 Å². The molecule has 0 heteroatoms. The zero-order chi connectivity index (χ0) is 9.38. The molecule has 0 spiro atoms. The van der Waals surface area contributed by atoms with Crippen molar-refractivity contribution in [3.63, 3.8) is 0 Å². The van der Waals surface area contributed by atoms with E-state index in [0.717, 1.165) is 12.8 Å². The molecule has 0 atom stereocenters. The molecule has 1 aromatic rings. The first-order valence-electron chi connectivity index (χ1n) is 5.08. The lowest BCUT2D eigenvalue weighted by Gasteiger charge is -1.99. The third kappa shape index (κ3) is 1.07. The lowest BCUT2D eigenvalue weighted by molar-refractivity contribution is 1.11. The monoisotopic (exact) mass is 180 g/mol. The number of rotatable bonds is 0. The maximum atomic E-state index is 2.24. The molecular weight excluding hydrogens is 168 g/mol. The normalized spacial score (nSPS) is 18.0. The van der Waals surface area contributed by atoms with Crippen molar-refractivity contribution in [3.8, 4) is 0 Å². The second-order valence-corrected chi connectivity index (χ2v) is 3.84. The zero-order valence-corrected chi connectivity index (χ0v) is 8.03. The summed E-state index contributed by atoms with van der Waals surface area (Å²) in [7, 11) is 0. The summed E-state index contributed by atoms with van der Waals surface area (Å²) in [4.78, 5) is 0. The van der Waals surface area contributed by atoms with Gasteiger partial charge in [0, 0.05) is 0 Å². The van der Waals surface area contributed by atoms with Crippen molar-refractivity contribution in [2.75, 3.05) is 0 Å². The fourth-order valence-corrected chi connectivity index (χ4v) is 2.28. The number of hydrogen-bond donors (Lipinski definition) is 0. The average Bonchev–Trinajstić information content (AvgIpc) is 2.42. The second-order valence-electron chi connectivity index (χ2n) is 3.84. The molecule has 0 radical (unpaired) electrons. The Morgan fingerprint density at radius 1 is 1.00 bits per heavy atom. The van der Waals surface area contributed by atoms with E-state index in [0.29, 0.717) is 0 Å². The van der Waals surface area contributed by atoms with Crippen LogP contribution < -0.4 is 0 Å². The molecule has 0 bridgehead atoms. The molecule has 0 aliphatic heterocycles. The molecule has 2 aliphatic rings. The fraction of sp³-hybridized carbons (Fsp3) is 0.143. The molecule has 0 saturated heterocycles. The molecule has 0 amide bonds. The Balaban J connectivity index is 2.16. The Bertz CT molecular complexity index is 459. The first kappa shape index (κ1) is 7.81. The minimum absolute atomic E-state index is 1.11. The van der Waals surface area contributed by atoms with Gasteiger partial charge >= 0.3 is 0 Å². The summed E-state index contributed by atoms with van der Waals surface area (Å²) in [6.45, 7) is 0. The highest BCUT2D eigenvalue weighted by Gasteiger charge is 2.18. The molecule has 0 fully saturated rings. The highest BCUT2D eigenvalue weighted by molar-refractivity contribution is 5.83. The number of hydrogen-bond acceptors (Lipinski definition) is 0. The topological polar surface area (TPSA) is 0 Å². The number of benzene rings is 1. The molecule has 3 rings (SSSR count). The minimum atomic E-state index is 1.11. The molecule has 68 valence electrons. The van der Waals surface area contributed by atoms with E-state index < -0.39 is 0 Å². The van der Waals surface area contributed by atoms with Gasteiger partial charge in [0.05, 0.1) is 0 Å². The van der Waals surface area contributed by atoms with Crippen LogP contribution in [0.1, 0.15) is 17.5 Å². The van der Waals surface area contributed by atoms with Gasteiger partial charge in [-0.1, -0.05) is 54.1 Å². The van der Waals surface area contributed by atoms with Gasteiger partial charge in [-0.05, 0) is 29.5 Å². The van der Waals surface area contributed by atoms with Gasteiger partial charge in [-0.3, -0.25) is 0 Å². The first-order valence-corrected chi connectivity index (χ1v) is 5.08. The molecule has 1 aromatic carbocycles. The maximum Gasteiger partial charge on any atom is -0.00486 e. The molecule has 14 heavy (non-hydrogen) atoms. The summed E-state index contributed by atoms with van der Waals surface area (Å²) >= 11 is 0. The molecular formula is C14H12. The summed E-state index contributed by atoms with van der Waals surface area (Å²) in [5, 5.41) is 0. The van der Waals surface area contributed by atoms with Crippen LogP contribution in [-0.4, -0.2) is 0 Å². The SMILES string of the molecule is C1=CCC2=C(C=C1)c1ccccc1C2. The van der Waals surface area contributed by atoms with E-state index in [1.54, 1.807) is 5.57 Å². The van der Waals surface area contributed by atoms with Gasteiger partial charge in [0.25, 0.3) is 0 Å². The Labute approximate surface area is 84.3 Å². The Hall–Kier alpha value is -1.56. The third-order valence-corrected chi connectivity index (χ3v) is 2.97. The predicted octanol–water partition coefficient (Wildman–Crippen LogP) is 3.51. The minimum Gasteiger partial charge on any atom is -0.0804 e. The van der Waals surface area contributed by atoms with E-state index in [1.165, 1.54) is 16.7 Å². The maximum absolute atomic E-state index is 2.24. The number of fused-ring (bicyclic) bond motifs is 2. The van der Waals surface area contributed by atoms with Crippen LogP contribution in [0.2, 0.25) is 0 Å². The van der Waals surface area contributed by atoms with Gasteiger partial charge in [-0.2, -0.15) is 0 Å². The summed E-state index contributed by atoms with van der Waals surface area (Å²) in [5.41, 5.74) is 5.93. The van der Waals surface area contributed by atoms with Crippen molar-refractivity contribution in [2.45, 2.75) is 12.8 Å². The quantitative estimate of drug-likeness (QED) is 0.573. The fourth-order valence-electron chi connectivity index (χ4n) is 2.28. The summed E-state index contributed by atoms with van der Waals surface area (Å²) < 4.78 is 0. The van der Waals surface area contributed by atoms with E-state index in [1.807, 2.05) is 0 Å². The van der Waals surface area contributed by atoms with E-state index in [2.05, 4.69) is 48.6 Å². The van der Waals surface area contributed by atoms with Crippen molar-refractivity contribution in [1.29, 1.82) is 0 Å². The average molecular weight is 180 g/mol. The lowest BCUT2D eigenvalue weighted by Crippen LogP contribution is -1.82. The van der Waals surface area contributed by atoms with Crippen LogP contribution >= 0.6 is 0 Å². The molecule has 0 unspecified atom stereocenters. The van der Waals surface area contributed by atoms with Crippen LogP contribution in [0.15, 0.2) is 54.1 Å². The molecule has 2 aliphatic carbocycles. The van der Waals surface area contributed by atoms with Gasteiger partial charge in [0.15, 0.2) is 0 Å². The Morgan fingerprint density at radius 2 is 1.93 bits per heavy atom. The molecule has 0 nitrogen and oxygen atoms in total. The van der Waals surface area contributed by atoms with Crippen molar-refractivity contribution < 1.29 is 0 Å². The van der Waals surface area contributed by atoms with Crippen LogP contribution in [0.5, 0.6) is 0 Å². The molecule has 0 saturated carbocycles. The first-order chi connectivity index (χ1) is 6.95. The highest BCUT2D eigenvalue weighted by Crippen LogP contribution is 2.36. The third-order valence-electron chi connectivity index (χ3n) is 2.97. The second kappa shape index (κ2) is 2.98. The van der Waals surface area contributed by atoms with Crippen LogP contribution in [0.4, 0.5) is 0 Å². The van der Waals surface area contributed by atoms with Gasteiger partial charge in [-0.15, -0.1) is 0 Å². The van der Waals surface area contributed by atoms with Crippen LogP contribution in [0.25, 0.3) is 5.57 Å². The Morgan fingerprint density at radius 3 is 2.93 bits per heavy atom.